The van der Waals surface area contributed by atoms with Gasteiger partial charge in [0.25, 0.3) is 0 Å². The van der Waals surface area contributed by atoms with E-state index >= 15 is 0 Å². The highest BCUT2D eigenvalue weighted by Crippen LogP contribution is 2.30. The van der Waals surface area contributed by atoms with Crippen molar-refractivity contribution in [1.29, 1.82) is 0 Å². The number of hydrogen-bond donors (Lipinski definition) is 3. The van der Waals surface area contributed by atoms with Crippen LogP contribution in [0.1, 0.15) is 24.8 Å². The van der Waals surface area contributed by atoms with E-state index in [1.54, 1.807) is 12.1 Å². The van der Waals surface area contributed by atoms with Crippen molar-refractivity contribution in [3.05, 3.63) is 29.8 Å². The van der Waals surface area contributed by atoms with Gasteiger partial charge in [-0.2, -0.15) is 0 Å². The predicted molar refractivity (Wildman–Crippen MR) is 58.6 cm³/mol. The summed E-state index contributed by atoms with van der Waals surface area (Å²) in [5.41, 5.74) is 0.564. The van der Waals surface area contributed by atoms with Crippen LogP contribution in [0.15, 0.2) is 24.3 Å². The minimum absolute atomic E-state index is 0.289. The fraction of sp³-hybridized carbons (Fsp3) is 0.500. The lowest BCUT2D eigenvalue weighted by molar-refractivity contribution is -0.0314. The third-order valence-electron chi connectivity index (χ3n) is 2.98. The van der Waals surface area contributed by atoms with Crippen molar-refractivity contribution < 1.29 is 10.2 Å². The molecular weight excluding hydrogens is 190 g/mol. The molecule has 1 fully saturated rings. The van der Waals surface area contributed by atoms with E-state index in [9.17, 15) is 10.2 Å². The van der Waals surface area contributed by atoms with Crippen molar-refractivity contribution in [3.8, 4) is 5.75 Å². The van der Waals surface area contributed by atoms with Gasteiger partial charge in [-0.25, -0.2) is 0 Å². The van der Waals surface area contributed by atoms with Crippen molar-refractivity contribution in [2.45, 2.75) is 31.4 Å². The molecule has 1 aliphatic rings. The number of aromatic hydroxyl groups is 1. The summed E-state index contributed by atoms with van der Waals surface area (Å²) in [7, 11) is 0. The third kappa shape index (κ3) is 2.70. The highest BCUT2D eigenvalue weighted by molar-refractivity contribution is 5.26. The summed E-state index contributed by atoms with van der Waals surface area (Å²) in [6.45, 7) is 1.33. The van der Waals surface area contributed by atoms with Gasteiger partial charge >= 0.3 is 0 Å². The Morgan fingerprint density at radius 3 is 2.73 bits per heavy atom. The number of nitrogens with one attached hydrogen (secondary N) is 1. The first-order valence-corrected chi connectivity index (χ1v) is 5.39. The number of hydrogen-bond acceptors (Lipinski definition) is 3. The highest BCUT2D eigenvalue weighted by atomic mass is 16.3. The molecule has 0 heterocycles. The van der Waals surface area contributed by atoms with Crippen LogP contribution in [-0.2, 0) is 6.54 Å². The molecule has 0 radical (unpaired) electrons. The average Bonchev–Trinajstić information content (AvgIpc) is 2.15. The van der Waals surface area contributed by atoms with Crippen LogP contribution in [0.5, 0.6) is 5.75 Å². The topological polar surface area (TPSA) is 52.5 Å². The Kier molecular flexibility index (Phi) is 2.93. The molecule has 1 aromatic carbocycles. The molecule has 0 spiro atoms. The molecule has 0 unspecified atom stereocenters. The van der Waals surface area contributed by atoms with E-state index in [2.05, 4.69) is 5.32 Å². The second-order valence-corrected chi connectivity index (χ2v) is 4.35. The van der Waals surface area contributed by atoms with Crippen LogP contribution in [0.25, 0.3) is 0 Å². The summed E-state index contributed by atoms with van der Waals surface area (Å²) in [5.74, 6) is 0.289. The largest absolute Gasteiger partial charge is 0.508 e. The fourth-order valence-electron chi connectivity index (χ4n) is 1.87. The summed E-state index contributed by atoms with van der Waals surface area (Å²) in [6, 6.07) is 7.17. The van der Waals surface area contributed by atoms with Crippen LogP contribution in [0.3, 0.4) is 0 Å². The predicted octanol–water partition coefficient (Wildman–Crippen LogP) is 1.40. The van der Waals surface area contributed by atoms with Gasteiger partial charge in [0.15, 0.2) is 0 Å². The Labute approximate surface area is 89.8 Å². The maximum Gasteiger partial charge on any atom is 0.115 e. The summed E-state index contributed by atoms with van der Waals surface area (Å²) >= 11 is 0. The monoisotopic (exact) mass is 207 g/mol. The van der Waals surface area contributed by atoms with E-state index in [1.165, 1.54) is 0 Å². The lowest BCUT2D eigenvalue weighted by Crippen LogP contribution is -2.45. The van der Waals surface area contributed by atoms with Gasteiger partial charge in [-0.05, 0) is 37.0 Å². The van der Waals surface area contributed by atoms with Gasteiger partial charge in [-0.1, -0.05) is 12.1 Å². The lowest BCUT2D eigenvalue weighted by Gasteiger charge is -2.36. The molecule has 0 saturated heterocycles. The number of aliphatic hydroxyl groups is 1. The summed E-state index contributed by atoms with van der Waals surface area (Å²) < 4.78 is 0. The van der Waals surface area contributed by atoms with E-state index in [0.717, 1.165) is 24.8 Å². The molecule has 3 heteroatoms. The minimum atomic E-state index is -0.475. The van der Waals surface area contributed by atoms with Crippen LogP contribution in [-0.4, -0.2) is 22.4 Å². The smallest absolute Gasteiger partial charge is 0.115 e. The maximum absolute atomic E-state index is 9.83. The molecule has 3 N–H and O–H groups in total. The quantitative estimate of drug-likeness (QED) is 0.699. The number of phenolic OH excluding ortho intramolecular Hbond substituents is 1. The molecule has 15 heavy (non-hydrogen) atoms. The van der Waals surface area contributed by atoms with Gasteiger partial charge in [0.1, 0.15) is 5.75 Å². The minimum Gasteiger partial charge on any atom is -0.508 e. The third-order valence-corrected chi connectivity index (χ3v) is 2.98. The van der Waals surface area contributed by atoms with E-state index in [-0.39, 0.29) is 5.75 Å². The number of rotatable bonds is 4. The van der Waals surface area contributed by atoms with Crippen LogP contribution >= 0.6 is 0 Å². The van der Waals surface area contributed by atoms with Gasteiger partial charge in [0.2, 0.25) is 0 Å². The van der Waals surface area contributed by atoms with E-state index < -0.39 is 5.60 Å². The van der Waals surface area contributed by atoms with Gasteiger partial charge in [-0.15, -0.1) is 0 Å². The first-order valence-electron chi connectivity index (χ1n) is 5.39. The number of phenols is 1. The normalized spacial score (nSPS) is 18.5. The second kappa shape index (κ2) is 4.21. The average molecular weight is 207 g/mol. The molecule has 1 saturated carbocycles. The SMILES string of the molecule is Oc1cccc(CNCC2(O)CCC2)c1. The maximum atomic E-state index is 9.83. The highest BCUT2D eigenvalue weighted by Gasteiger charge is 2.33. The van der Waals surface area contributed by atoms with Crippen molar-refractivity contribution in [2.75, 3.05) is 6.54 Å². The standard InChI is InChI=1S/C12H17NO2/c14-11-4-1-3-10(7-11)8-13-9-12(15)5-2-6-12/h1,3-4,7,13-15H,2,5-6,8-9H2. The lowest BCUT2D eigenvalue weighted by atomic mass is 9.80. The summed E-state index contributed by atoms with van der Waals surface area (Å²) in [4.78, 5) is 0. The Bertz CT molecular complexity index is 334. The summed E-state index contributed by atoms with van der Waals surface area (Å²) in [6.07, 6.45) is 2.93. The zero-order valence-electron chi connectivity index (χ0n) is 8.74. The molecular formula is C12H17NO2. The zero-order chi connectivity index (χ0) is 10.7. The van der Waals surface area contributed by atoms with Crippen molar-refractivity contribution >= 4 is 0 Å². The molecule has 0 amide bonds. The van der Waals surface area contributed by atoms with Gasteiger partial charge in [0, 0.05) is 13.1 Å². The zero-order valence-corrected chi connectivity index (χ0v) is 8.74. The van der Waals surface area contributed by atoms with Gasteiger partial charge in [0.05, 0.1) is 5.60 Å². The molecule has 2 rings (SSSR count). The van der Waals surface area contributed by atoms with Crippen molar-refractivity contribution in [1.82, 2.24) is 5.32 Å². The Balaban J connectivity index is 1.78. The van der Waals surface area contributed by atoms with Crippen molar-refractivity contribution in [2.24, 2.45) is 0 Å². The molecule has 0 atom stereocenters. The summed E-state index contributed by atoms with van der Waals surface area (Å²) in [5, 5.41) is 22.3. The molecule has 82 valence electrons. The Hall–Kier alpha value is -1.06. The van der Waals surface area contributed by atoms with E-state index in [1.807, 2.05) is 12.1 Å². The first-order chi connectivity index (χ1) is 7.18. The fourth-order valence-corrected chi connectivity index (χ4v) is 1.87. The van der Waals surface area contributed by atoms with Crippen LogP contribution in [0.4, 0.5) is 0 Å². The van der Waals surface area contributed by atoms with Crippen LogP contribution < -0.4 is 5.32 Å². The van der Waals surface area contributed by atoms with Crippen LogP contribution in [0, 0.1) is 0 Å². The number of benzene rings is 1. The van der Waals surface area contributed by atoms with Crippen LogP contribution in [0.2, 0.25) is 0 Å². The molecule has 0 aliphatic heterocycles. The van der Waals surface area contributed by atoms with E-state index in [4.69, 9.17) is 0 Å². The van der Waals surface area contributed by atoms with Crippen molar-refractivity contribution in [3.63, 3.8) is 0 Å². The first kappa shape index (κ1) is 10.5. The van der Waals surface area contributed by atoms with Gasteiger partial charge in [-0.3, -0.25) is 0 Å². The molecule has 1 aromatic rings. The molecule has 3 nitrogen and oxygen atoms in total. The van der Waals surface area contributed by atoms with Gasteiger partial charge < -0.3 is 15.5 Å². The molecule has 0 bridgehead atoms. The Morgan fingerprint density at radius 1 is 1.33 bits per heavy atom. The second-order valence-electron chi connectivity index (χ2n) is 4.35. The molecule has 1 aliphatic carbocycles. The van der Waals surface area contributed by atoms with E-state index in [0.29, 0.717) is 13.1 Å². The Morgan fingerprint density at radius 2 is 2.13 bits per heavy atom. The molecule has 0 aromatic heterocycles.